The summed E-state index contributed by atoms with van der Waals surface area (Å²) in [6.45, 7) is 10.6. The van der Waals surface area contributed by atoms with Crippen LogP contribution in [-0.2, 0) is 12.8 Å². The molecule has 2 N–H and O–H groups in total. The van der Waals surface area contributed by atoms with Gasteiger partial charge in [-0.1, -0.05) is 31.1 Å². The van der Waals surface area contributed by atoms with Crippen LogP contribution in [0.5, 0.6) is 0 Å². The molecule has 6 nitrogen and oxygen atoms in total. The third-order valence-corrected chi connectivity index (χ3v) is 6.37. The number of hydrogen-bond donors (Lipinski definition) is 2. The van der Waals surface area contributed by atoms with Crippen LogP contribution in [0.1, 0.15) is 94.6 Å². The molecule has 1 unspecified atom stereocenters. The van der Waals surface area contributed by atoms with Gasteiger partial charge in [0.1, 0.15) is 5.82 Å². The average Bonchev–Trinajstić information content (AvgIpc) is 2.98. The molecule has 170 valence electrons. The minimum atomic E-state index is -0.0393. The second-order valence-corrected chi connectivity index (χ2v) is 9.54. The van der Waals surface area contributed by atoms with Crippen LogP contribution < -0.4 is 10.3 Å². The lowest BCUT2D eigenvalue weighted by Gasteiger charge is -2.35. The fourth-order valence-electron chi connectivity index (χ4n) is 4.90. The molecule has 0 spiro atoms. The first-order chi connectivity index (χ1) is 14.9. The lowest BCUT2D eigenvalue weighted by atomic mass is 9.85. The molecular weight excluding hydrogens is 384 g/mol. The Morgan fingerprint density at radius 3 is 2.39 bits per heavy atom. The molecule has 6 heteroatoms. The molecule has 2 heterocycles. The summed E-state index contributed by atoms with van der Waals surface area (Å²) in [4.78, 5) is 7.79. The van der Waals surface area contributed by atoms with Gasteiger partial charge >= 0.3 is 0 Å². The van der Waals surface area contributed by atoms with Crippen LogP contribution in [0.4, 0.5) is 5.82 Å². The molecule has 1 aromatic rings. The van der Waals surface area contributed by atoms with Gasteiger partial charge in [0.2, 0.25) is 0 Å². The van der Waals surface area contributed by atoms with Crippen LogP contribution in [0.15, 0.2) is 22.0 Å². The van der Waals surface area contributed by atoms with Crippen molar-refractivity contribution in [1.29, 1.82) is 5.41 Å². The van der Waals surface area contributed by atoms with E-state index in [0.717, 1.165) is 48.4 Å². The van der Waals surface area contributed by atoms with Crippen LogP contribution in [0.3, 0.4) is 0 Å². The smallest absolute Gasteiger partial charge is 0.134 e. The summed E-state index contributed by atoms with van der Waals surface area (Å²) in [5.41, 5.74) is 9.80. The number of nitrogens with zero attached hydrogens (tertiary/aromatic N) is 4. The molecule has 31 heavy (non-hydrogen) atoms. The van der Waals surface area contributed by atoms with E-state index in [4.69, 9.17) is 10.4 Å². The number of aryl methyl sites for hydroxylation is 1. The number of pyridine rings is 1. The number of nitrogens with one attached hydrogen (secondary N) is 2. The van der Waals surface area contributed by atoms with E-state index in [1.165, 1.54) is 49.8 Å². The van der Waals surface area contributed by atoms with Crippen molar-refractivity contribution < 1.29 is 0 Å². The van der Waals surface area contributed by atoms with Gasteiger partial charge in [-0.3, -0.25) is 5.43 Å². The van der Waals surface area contributed by atoms with Crippen molar-refractivity contribution in [3.05, 3.63) is 34.0 Å². The first-order valence-electron chi connectivity index (χ1n) is 12.0. The lowest BCUT2D eigenvalue weighted by Crippen LogP contribution is -2.35. The maximum atomic E-state index is 9.13. The zero-order chi connectivity index (χ0) is 22.4. The van der Waals surface area contributed by atoms with Gasteiger partial charge in [-0.2, -0.15) is 5.11 Å². The number of allylic oxidation sites excluding steroid dienone is 2. The van der Waals surface area contributed by atoms with E-state index in [1.54, 1.807) is 7.05 Å². The Balaban J connectivity index is 2.31. The quantitative estimate of drug-likeness (QED) is 0.245. The molecule has 1 atom stereocenters. The van der Waals surface area contributed by atoms with Crippen LogP contribution in [0, 0.1) is 11.3 Å². The van der Waals surface area contributed by atoms with E-state index in [1.807, 2.05) is 6.08 Å². The van der Waals surface area contributed by atoms with Gasteiger partial charge < -0.3 is 10.3 Å². The summed E-state index contributed by atoms with van der Waals surface area (Å²) in [7, 11) is 1.69. The van der Waals surface area contributed by atoms with Crippen LogP contribution in [0.25, 0.3) is 0 Å². The number of aromatic nitrogens is 1. The third-order valence-electron chi connectivity index (χ3n) is 6.37. The molecule has 0 amide bonds. The van der Waals surface area contributed by atoms with Crippen molar-refractivity contribution in [3.8, 4) is 0 Å². The molecule has 0 bridgehead atoms. The molecule has 1 aromatic heterocycles. The summed E-state index contributed by atoms with van der Waals surface area (Å²) >= 11 is 0. The van der Waals surface area contributed by atoms with E-state index < -0.39 is 0 Å². The van der Waals surface area contributed by atoms with Crippen molar-refractivity contribution in [2.45, 2.75) is 85.1 Å². The fourth-order valence-corrected chi connectivity index (χ4v) is 4.90. The number of piperidine rings is 1. The molecule has 0 saturated carbocycles. The Labute approximate surface area is 188 Å². The maximum Gasteiger partial charge on any atom is 0.134 e. The Bertz CT molecular complexity index is 829. The molecule has 1 aliphatic carbocycles. The second kappa shape index (κ2) is 10.9. The number of anilines is 1. The van der Waals surface area contributed by atoms with Crippen LogP contribution in [0.2, 0.25) is 0 Å². The van der Waals surface area contributed by atoms with Crippen molar-refractivity contribution in [3.63, 3.8) is 0 Å². The van der Waals surface area contributed by atoms with Gasteiger partial charge in [0.15, 0.2) is 0 Å². The topological polar surface area (TPSA) is 76.7 Å². The normalized spacial score (nSPS) is 17.9. The van der Waals surface area contributed by atoms with E-state index in [2.05, 4.69) is 48.4 Å². The fraction of sp³-hybridized carbons (Fsp3) is 0.680. The number of rotatable bonds is 7. The van der Waals surface area contributed by atoms with Gasteiger partial charge in [0.05, 0.1) is 18.8 Å². The van der Waals surface area contributed by atoms with E-state index >= 15 is 0 Å². The first-order valence-corrected chi connectivity index (χ1v) is 12.0. The molecular formula is C25H40N6. The van der Waals surface area contributed by atoms with Gasteiger partial charge in [0, 0.05) is 29.9 Å². The van der Waals surface area contributed by atoms with Gasteiger partial charge in [0.25, 0.3) is 0 Å². The molecule has 2 aliphatic rings. The molecule has 1 aliphatic heterocycles. The minimum absolute atomic E-state index is 0.0393. The Kier molecular flexibility index (Phi) is 8.22. The number of hydrogen-bond acceptors (Lipinski definition) is 5. The second-order valence-electron chi connectivity index (χ2n) is 9.54. The molecule has 1 fully saturated rings. The Morgan fingerprint density at radius 1 is 1.06 bits per heavy atom. The van der Waals surface area contributed by atoms with Crippen LogP contribution >= 0.6 is 0 Å². The Morgan fingerprint density at radius 2 is 1.74 bits per heavy atom. The third kappa shape index (κ3) is 5.52. The summed E-state index contributed by atoms with van der Waals surface area (Å²) in [5.74, 6) is 1.36. The van der Waals surface area contributed by atoms with Gasteiger partial charge in [-0.05, 0) is 76.4 Å². The zero-order valence-electron chi connectivity index (χ0n) is 20.1. The molecule has 3 rings (SSSR count). The van der Waals surface area contributed by atoms with E-state index in [9.17, 15) is 0 Å². The van der Waals surface area contributed by atoms with Gasteiger partial charge in [-0.15, -0.1) is 0 Å². The highest BCUT2D eigenvalue weighted by atomic mass is 15.4. The highest BCUT2D eigenvalue weighted by Crippen LogP contribution is 2.39. The predicted octanol–water partition coefficient (Wildman–Crippen LogP) is 5.96. The Hall–Kier alpha value is -2.24. The van der Waals surface area contributed by atoms with Crippen molar-refractivity contribution >= 4 is 11.5 Å². The summed E-state index contributed by atoms with van der Waals surface area (Å²) in [6, 6.07) is -0.0393. The molecule has 0 radical (unpaired) electrons. The first kappa shape index (κ1) is 23.4. The van der Waals surface area contributed by atoms with Crippen molar-refractivity contribution in [2.75, 3.05) is 25.0 Å². The SMILES string of the molecule is CN=NNC(c1c(N2CCCCC2)nc2c(c1C(=N)C=C(C)C)CCCCC2)C(C)C. The maximum absolute atomic E-state index is 9.13. The monoisotopic (exact) mass is 424 g/mol. The highest BCUT2D eigenvalue weighted by Gasteiger charge is 2.32. The minimum Gasteiger partial charge on any atom is -0.356 e. The number of fused-ring (bicyclic) bond motifs is 1. The van der Waals surface area contributed by atoms with Gasteiger partial charge in [-0.25, -0.2) is 4.98 Å². The van der Waals surface area contributed by atoms with Crippen molar-refractivity contribution in [1.82, 2.24) is 10.4 Å². The largest absolute Gasteiger partial charge is 0.356 e. The van der Waals surface area contributed by atoms with Crippen molar-refractivity contribution in [2.24, 2.45) is 16.3 Å². The van der Waals surface area contributed by atoms with Crippen LogP contribution in [-0.4, -0.2) is 30.8 Å². The van der Waals surface area contributed by atoms with E-state index in [-0.39, 0.29) is 12.0 Å². The average molecular weight is 425 g/mol. The predicted molar refractivity (Wildman–Crippen MR) is 129 cm³/mol. The standard InChI is InChI=1S/C25H40N6/c1-17(2)16-20(26)22-19-12-8-6-9-13-21(19)28-25(31-14-10-7-11-15-31)23(22)24(18(3)4)29-30-27-5/h16,18,24,26H,6-15H2,1-5H3,(H,27,29). The molecule has 1 saturated heterocycles. The summed E-state index contributed by atoms with van der Waals surface area (Å²) in [5, 5.41) is 17.3. The summed E-state index contributed by atoms with van der Waals surface area (Å²) in [6.07, 6.45) is 11.3. The van der Waals surface area contributed by atoms with E-state index in [0.29, 0.717) is 5.71 Å². The lowest BCUT2D eigenvalue weighted by molar-refractivity contribution is 0.408. The highest BCUT2D eigenvalue weighted by molar-refractivity contribution is 6.10. The zero-order valence-corrected chi connectivity index (χ0v) is 20.1. The molecule has 0 aromatic carbocycles. The summed E-state index contributed by atoms with van der Waals surface area (Å²) < 4.78 is 0.